The number of aromatic nitrogens is 1. The number of methoxy groups -OCH3 is 1. The number of pyridine rings is 1. The predicted molar refractivity (Wildman–Crippen MR) is 76.1 cm³/mol. The van der Waals surface area contributed by atoms with Gasteiger partial charge in [-0.3, -0.25) is 0 Å². The van der Waals surface area contributed by atoms with E-state index < -0.39 is 0 Å². The first-order valence-electron chi connectivity index (χ1n) is 5.81. The second-order valence-corrected chi connectivity index (χ2v) is 4.18. The number of nitrogens with one attached hydrogen (secondary N) is 2. The quantitative estimate of drug-likeness (QED) is 0.768. The third-order valence-corrected chi connectivity index (χ3v) is 2.30. The Morgan fingerprint density at radius 3 is 2.83 bits per heavy atom. The van der Waals surface area contributed by atoms with Gasteiger partial charge in [0.2, 0.25) is 5.88 Å². The first-order chi connectivity index (χ1) is 8.65. The molecule has 2 N–H and O–H groups in total. The number of anilines is 1. The van der Waals surface area contributed by atoms with Crippen molar-refractivity contribution in [2.45, 2.75) is 19.9 Å². The molecule has 100 valence electrons. The van der Waals surface area contributed by atoms with Crippen LogP contribution in [0.3, 0.4) is 0 Å². The molecule has 1 aromatic heterocycles. The number of ether oxygens (including phenoxy) is 2. The maximum Gasteiger partial charge on any atom is 0.213 e. The fourth-order valence-corrected chi connectivity index (χ4v) is 1.69. The fraction of sp³-hybridized carbons (Fsp3) is 0.500. The summed E-state index contributed by atoms with van der Waals surface area (Å²) < 4.78 is 10.3. The van der Waals surface area contributed by atoms with Gasteiger partial charge in [-0.25, -0.2) is 4.98 Å². The number of nitrogens with zero attached hydrogens (tertiary/aromatic N) is 1. The Hall–Kier alpha value is -1.40. The average molecular weight is 269 g/mol. The highest BCUT2D eigenvalue weighted by Crippen LogP contribution is 2.11. The Bertz CT molecular complexity index is 370. The van der Waals surface area contributed by atoms with Gasteiger partial charge in [-0.05, 0) is 32.1 Å². The van der Waals surface area contributed by atoms with Gasteiger partial charge in [-0.2, -0.15) is 0 Å². The van der Waals surface area contributed by atoms with E-state index in [1.807, 2.05) is 19.9 Å². The van der Waals surface area contributed by atoms with Crippen LogP contribution in [-0.2, 0) is 4.74 Å². The maximum atomic E-state index is 5.26. The molecule has 6 heteroatoms. The smallest absolute Gasteiger partial charge is 0.213 e. The minimum atomic E-state index is 0.158. The van der Waals surface area contributed by atoms with Gasteiger partial charge in [0.1, 0.15) is 0 Å². The van der Waals surface area contributed by atoms with Crippen LogP contribution in [0, 0.1) is 0 Å². The van der Waals surface area contributed by atoms with E-state index in [-0.39, 0.29) is 6.04 Å². The molecule has 0 saturated carbocycles. The summed E-state index contributed by atoms with van der Waals surface area (Å²) in [6.45, 7) is 5.12. The van der Waals surface area contributed by atoms with Crippen molar-refractivity contribution in [2.24, 2.45) is 0 Å². The van der Waals surface area contributed by atoms with Gasteiger partial charge < -0.3 is 20.1 Å². The topological polar surface area (TPSA) is 55.4 Å². The Kier molecular flexibility index (Phi) is 6.38. The highest BCUT2D eigenvalue weighted by molar-refractivity contribution is 7.80. The molecule has 0 aliphatic carbocycles. The van der Waals surface area contributed by atoms with Crippen molar-refractivity contribution in [2.75, 3.05) is 25.6 Å². The van der Waals surface area contributed by atoms with E-state index in [1.54, 1.807) is 19.4 Å². The predicted octanol–water partition coefficient (Wildman–Crippen LogP) is 1.80. The molecule has 1 unspecified atom stereocenters. The lowest BCUT2D eigenvalue weighted by atomic mass is 10.4. The first kappa shape index (κ1) is 14.7. The van der Waals surface area contributed by atoms with Gasteiger partial charge in [-0.1, -0.05) is 0 Å². The molecule has 1 aromatic rings. The Labute approximate surface area is 113 Å². The van der Waals surface area contributed by atoms with Crippen LogP contribution in [0.1, 0.15) is 13.8 Å². The van der Waals surface area contributed by atoms with Crippen LogP contribution in [-0.4, -0.2) is 36.5 Å². The van der Waals surface area contributed by atoms with Crippen LogP contribution in [0.15, 0.2) is 18.3 Å². The minimum Gasteiger partial charge on any atom is -0.478 e. The largest absolute Gasteiger partial charge is 0.478 e. The molecule has 1 rings (SSSR count). The van der Waals surface area contributed by atoms with Crippen LogP contribution >= 0.6 is 12.2 Å². The van der Waals surface area contributed by atoms with Crippen molar-refractivity contribution in [3.63, 3.8) is 0 Å². The van der Waals surface area contributed by atoms with Crippen molar-refractivity contribution in [3.05, 3.63) is 18.3 Å². The molecule has 0 amide bonds. The molecule has 0 spiro atoms. The summed E-state index contributed by atoms with van der Waals surface area (Å²) in [7, 11) is 1.66. The molecule has 1 heterocycles. The molecular weight excluding hydrogens is 250 g/mol. The average Bonchev–Trinajstić information content (AvgIpc) is 2.32. The van der Waals surface area contributed by atoms with Gasteiger partial charge >= 0.3 is 0 Å². The second-order valence-electron chi connectivity index (χ2n) is 3.77. The SMILES string of the molecule is CCOc1ccc(NC(=S)NC(C)COC)cn1. The van der Waals surface area contributed by atoms with Crippen LogP contribution < -0.4 is 15.4 Å². The monoisotopic (exact) mass is 269 g/mol. The molecule has 0 fully saturated rings. The molecule has 0 aromatic carbocycles. The fourth-order valence-electron chi connectivity index (χ4n) is 1.37. The standard InChI is InChI=1S/C12H19N3O2S/c1-4-17-11-6-5-10(7-13-11)15-12(18)14-9(2)8-16-3/h5-7,9H,4,8H2,1-3H3,(H2,14,15,18). The first-order valence-corrected chi connectivity index (χ1v) is 6.21. The molecule has 0 aliphatic heterocycles. The van der Waals surface area contributed by atoms with Crippen molar-refractivity contribution in [1.82, 2.24) is 10.3 Å². The van der Waals surface area contributed by atoms with Crippen molar-refractivity contribution >= 4 is 23.0 Å². The van der Waals surface area contributed by atoms with Gasteiger partial charge in [0.25, 0.3) is 0 Å². The van der Waals surface area contributed by atoms with Crippen LogP contribution in [0.5, 0.6) is 5.88 Å². The number of thiocarbonyl (C=S) groups is 1. The maximum absolute atomic E-state index is 5.26. The molecule has 18 heavy (non-hydrogen) atoms. The van der Waals surface area contributed by atoms with Gasteiger partial charge in [0, 0.05) is 19.2 Å². The number of hydrogen-bond acceptors (Lipinski definition) is 4. The van der Waals surface area contributed by atoms with Crippen LogP contribution in [0.25, 0.3) is 0 Å². The van der Waals surface area contributed by atoms with E-state index in [0.717, 1.165) is 5.69 Å². The molecule has 0 saturated heterocycles. The molecule has 0 bridgehead atoms. The zero-order valence-corrected chi connectivity index (χ0v) is 11.7. The lowest BCUT2D eigenvalue weighted by Crippen LogP contribution is -2.38. The summed E-state index contributed by atoms with van der Waals surface area (Å²) in [5.41, 5.74) is 0.820. The third-order valence-electron chi connectivity index (χ3n) is 2.08. The van der Waals surface area contributed by atoms with Crippen molar-refractivity contribution < 1.29 is 9.47 Å². The highest BCUT2D eigenvalue weighted by Gasteiger charge is 2.04. The zero-order valence-electron chi connectivity index (χ0n) is 10.9. The summed E-state index contributed by atoms with van der Waals surface area (Å²) >= 11 is 5.17. The van der Waals surface area contributed by atoms with Gasteiger partial charge in [-0.15, -0.1) is 0 Å². The van der Waals surface area contributed by atoms with E-state index in [4.69, 9.17) is 21.7 Å². The summed E-state index contributed by atoms with van der Waals surface area (Å²) in [6.07, 6.45) is 1.68. The van der Waals surface area contributed by atoms with E-state index >= 15 is 0 Å². The lowest BCUT2D eigenvalue weighted by molar-refractivity contribution is 0.179. The second kappa shape index (κ2) is 7.84. The van der Waals surface area contributed by atoms with Crippen LogP contribution in [0.2, 0.25) is 0 Å². The van der Waals surface area contributed by atoms with Crippen LogP contribution in [0.4, 0.5) is 5.69 Å². The number of rotatable bonds is 6. The van der Waals surface area contributed by atoms with Gasteiger partial charge in [0.15, 0.2) is 5.11 Å². The van der Waals surface area contributed by atoms with E-state index in [9.17, 15) is 0 Å². The summed E-state index contributed by atoms with van der Waals surface area (Å²) in [4.78, 5) is 4.14. The molecular formula is C12H19N3O2S. The Morgan fingerprint density at radius 1 is 1.50 bits per heavy atom. The van der Waals surface area contributed by atoms with Crippen molar-refractivity contribution in [1.29, 1.82) is 0 Å². The van der Waals surface area contributed by atoms with E-state index in [2.05, 4.69) is 15.6 Å². The third kappa shape index (κ3) is 5.29. The Balaban J connectivity index is 2.44. The summed E-state index contributed by atoms with van der Waals surface area (Å²) in [5.74, 6) is 0.606. The van der Waals surface area contributed by atoms with Gasteiger partial charge in [0.05, 0.1) is 25.1 Å². The molecule has 5 nitrogen and oxygen atoms in total. The normalized spacial score (nSPS) is 11.7. The molecule has 1 atom stereocenters. The van der Waals surface area contributed by atoms with Crippen molar-refractivity contribution in [3.8, 4) is 5.88 Å². The van der Waals surface area contributed by atoms with E-state index in [0.29, 0.717) is 24.2 Å². The highest BCUT2D eigenvalue weighted by atomic mass is 32.1. The molecule has 0 radical (unpaired) electrons. The zero-order chi connectivity index (χ0) is 13.4. The Morgan fingerprint density at radius 2 is 2.28 bits per heavy atom. The minimum absolute atomic E-state index is 0.158. The lowest BCUT2D eigenvalue weighted by Gasteiger charge is -2.16. The summed E-state index contributed by atoms with van der Waals surface area (Å²) in [6, 6.07) is 3.82. The number of hydrogen-bond donors (Lipinski definition) is 2. The van der Waals surface area contributed by atoms with E-state index in [1.165, 1.54) is 0 Å². The summed E-state index contributed by atoms with van der Waals surface area (Å²) in [5, 5.41) is 6.70. The molecule has 0 aliphatic rings.